The number of anilines is 5. The van der Waals surface area contributed by atoms with E-state index in [9.17, 15) is 5.26 Å². The van der Waals surface area contributed by atoms with Gasteiger partial charge in [-0.25, -0.2) is 15.0 Å². The number of rotatable bonds is 11. The van der Waals surface area contributed by atoms with Gasteiger partial charge in [-0.05, 0) is 143 Å². The third kappa shape index (κ3) is 8.22. The van der Waals surface area contributed by atoms with E-state index in [1.807, 2.05) is 56.3 Å². The van der Waals surface area contributed by atoms with Crippen LogP contribution in [0, 0.1) is 59.8 Å². The summed E-state index contributed by atoms with van der Waals surface area (Å²) in [4.78, 5) is 21.0. The van der Waals surface area contributed by atoms with Crippen molar-refractivity contribution in [3.63, 3.8) is 0 Å². The number of nitrogens with zero attached hydrogens (tertiary/aromatic N) is 9. The summed E-state index contributed by atoms with van der Waals surface area (Å²) >= 11 is 22.1. The quantitative estimate of drug-likeness (QED) is 0.0647. The third-order valence-electron chi connectivity index (χ3n) is 10.8. The van der Waals surface area contributed by atoms with Gasteiger partial charge in [-0.2, -0.15) is 15.0 Å². The summed E-state index contributed by atoms with van der Waals surface area (Å²) in [6.07, 6.45) is 2.42. The van der Waals surface area contributed by atoms with E-state index in [-0.39, 0.29) is 0 Å². The van der Waals surface area contributed by atoms with E-state index < -0.39 is 0 Å². The first kappa shape index (κ1) is 43.7. The highest BCUT2D eigenvalue weighted by Crippen LogP contribution is 2.47. The molecular formula is C46H44N10S6. The Morgan fingerprint density at radius 2 is 1.39 bits per heavy atom. The van der Waals surface area contributed by atoms with Gasteiger partial charge < -0.3 is 5.32 Å². The van der Waals surface area contributed by atoms with Crippen LogP contribution < -0.4 is 10.2 Å². The van der Waals surface area contributed by atoms with E-state index in [0.29, 0.717) is 46.0 Å². The van der Waals surface area contributed by atoms with Crippen LogP contribution in [0.5, 0.6) is 0 Å². The first-order valence-corrected chi connectivity index (χ1v) is 23.4. The Balaban J connectivity index is 1.37. The van der Waals surface area contributed by atoms with Gasteiger partial charge in [-0.1, -0.05) is 48.2 Å². The molecule has 4 heterocycles. The molecule has 314 valence electrons. The zero-order chi connectivity index (χ0) is 44.1. The zero-order valence-electron chi connectivity index (χ0n) is 35.4. The van der Waals surface area contributed by atoms with Crippen molar-refractivity contribution in [1.82, 2.24) is 24.7 Å². The summed E-state index contributed by atoms with van der Waals surface area (Å²) in [6.45, 7) is 16.5. The molecule has 0 atom stereocenters. The Kier molecular flexibility index (Phi) is 12.5. The molecule has 0 aliphatic carbocycles. The number of pyridine rings is 1. The monoisotopic (exact) mass is 928 g/mol. The molecule has 8 rings (SSSR count). The summed E-state index contributed by atoms with van der Waals surface area (Å²) in [5.41, 5.74) is 11.9. The van der Waals surface area contributed by atoms with Gasteiger partial charge in [0.1, 0.15) is 23.1 Å². The number of aryl methyl sites for hydroxylation is 6. The third-order valence-corrected chi connectivity index (χ3v) is 14.8. The van der Waals surface area contributed by atoms with Gasteiger partial charge in [-0.3, -0.25) is 4.90 Å². The Labute approximate surface area is 391 Å². The Hall–Kier alpha value is -4.89. The minimum absolute atomic E-state index is 0.297. The maximum Gasteiger partial charge on any atom is 0.213 e. The van der Waals surface area contributed by atoms with Crippen molar-refractivity contribution >= 4 is 133 Å². The van der Waals surface area contributed by atoms with Gasteiger partial charge >= 0.3 is 0 Å². The number of azo groups is 1. The van der Waals surface area contributed by atoms with Crippen molar-refractivity contribution in [2.75, 3.05) is 10.2 Å². The molecule has 0 saturated carbocycles. The number of nitriles is 1. The van der Waals surface area contributed by atoms with E-state index in [1.165, 1.54) is 11.3 Å². The summed E-state index contributed by atoms with van der Waals surface area (Å²) < 4.78 is 3.59. The van der Waals surface area contributed by atoms with E-state index >= 15 is 0 Å². The molecule has 0 bridgehead atoms. The van der Waals surface area contributed by atoms with E-state index in [0.717, 1.165) is 108 Å². The highest BCUT2D eigenvalue weighted by molar-refractivity contribution is 7.81. The summed E-state index contributed by atoms with van der Waals surface area (Å²) in [6, 6.07) is 20.4. The molecular weight excluding hydrogens is 885 g/mol. The number of fused-ring (bicyclic) bond motifs is 2. The molecule has 0 radical (unpaired) electrons. The van der Waals surface area contributed by atoms with Gasteiger partial charge in [-0.15, -0.1) is 60.7 Å². The summed E-state index contributed by atoms with van der Waals surface area (Å²) in [5, 5.41) is 30.4. The van der Waals surface area contributed by atoms with Gasteiger partial charge in [0.2, 0.25) is 5.13 Å². The molecule has 0 aliphatic heterocycles. The number of thiazole rings is 2. The average Bonchev–Trinajstić information content (AvgIpc) is 3.95. The second-order valence-electron chi connectivity index (χ2n) is 15.4. The van der Waals surface area contributed by atoms with Gasteiger partial charge in [0.25, 0.3) is 0 Å². The van der Waals surface area contributed by atoms with E-state index in [1.54, 1.807) is 16.0 Å². The topological polar surface area (TPSA) is 120 Å². The Morgan fingerprint density at radius 3 is 2.06 bits per heavy atom. The van der Waals surface area contributed by atoms with Crippen molar-refractivity contribution in [2.45, 2.75) is 94.2 Å². The molecule has 0 unspecified atom stereocenters. The van der Waals surface area contributed by atoms with E-state index in [2.05, 4.69) is 95.2 Å². The van der Waals surface area contributed by atoms with E-state index in [4.69, 9.17) is 55.5 Å². The number of nitrogens with one attached hydrogen (secondary N) is 1. The normalized spacial score (nSPS) is 11.7. The molecule has 4 aromatic carbocycles. The van der Waals surface area contributed by atoms with Crippen LogP contribution in [-0.4, -0.2) is 24.7 Å². The van der Waals surface area contributed by atoms with Crippen molar-refractivity contribution in [2.24, 2.45) is 10.2 Å². The van der Waals surface area contributed by atoms with Crippen molar-refractivity contribution in [3.8, 4) is 11.2 Å². The highest BCUT2D eigenvalue weighted by atomic mass is 32.1. The molecule has 0 amide bonds. The van der Waals surface area contributed by atoms with Crippen LogP contribution in [0.3, 0.4) is 0 Å². The summed E-state index contributed by atoms with van der Waals surface area (Å²) in [7, 11) is 0. The maximum absolute atomic E-state index is 10.6. The molecule has 8 aromatic rings. The predicted molar refractivity (Wildman–Crippen MR) is 268 cm³/mol. The van der Waals surface area contributed by atoms with Gasteiger partial charge in [0.05, 0.1) is 31.8 Å². The highest BCUT2D eigenvalue weighted by Gasteiger charge is 2.27. The minimum atomic E-state index is 0.297. The fourth-order valence-electron chi connectivity index (χ4n) is 7.68. The lowest BCUT2D eigenvalue weighted by Gasteiger charge is -2.27. The number of unbranched alkanes of at least 4 members (excludes halogenated alkanes) is 1. The molecule has 4 aromatic heterocycles. The van der Waals surface area contributed by atoms with Crippen LogP contribution in [0.1, 0.15) is 70.0 Å². The average molecular weight is 929 g/mol. The Bertz CT molecular complexity index is 3150. The molecule has 0 aliphatic rings. The molecule has 0 saturated heterocycles. The largest absolute Gasteiger partial charge is 0.338 e. The fourth-order valence-corrected chi connectivity index (χ4v) is 10.6. The number of aromatic nitrogens is 5. The van der Waals surface area contributed by atoms with Gasteiger partial charge in [0, 0.05) is 25.3 Å². The minimum Gasteiger partial charge on any atom is -0.338 e. The molecule has 16 heteroatoms. The first-order chi connectivity index (χ1) is 29.7. The molecule has 62 heavy (non-hydrogen) atoms. The van der Waals surface area contributed by atoms with Crippen LogP contribution >= 0.6 is 73.2 Å². The number of benzene rings is 4. The van der Waals surface area contributed by atoms with Crippen molar-refractivity contribution < 1.29 is 0 Å². The molecule has 0 spiro atoms. The second-order valence-corrected chi connectivity index (χ2v) is 19.4. The molecule has 10 nitrogen and oxygen atoms in total. The molecule has 1 N–H and O–H groups in total. The lowest BCUT2D eigenvalue weighted by Crippen LogP contribution is -2.16. The fraction of sp³-hybridized carbons (Fsp3) is 0.239. The standard InChI is InChI=1S/C46H44N10S6/c1-9-10-11-32-31(21-47)44(56(54-32)46-49-34-15-13-30(58)20-36(34)62-46)53-52-39-23(3)18-37(50-43(39)51-38-22(2)16-25(5)41(59)27(38)7)55(40-24(4)17-26(6)42(60)28(40)8)45-48-33-14-12-29(57)19-35(33)61-45/h12-20,57-60H,9-11H2,1-8H3,(H,50,51). The number of hydrogen-bond donors (Lipinski definition) is 5. The Morgan fingerprint density at radius 1 is 0.742 bits per heavy atom. The number of thiol groups is 4. The number of hydrogen-bond acceptors (Lipinski definition) is 15. The predicted octanol–water partition coefficient (Wildman–Crippen LogP) is 14.6. The van der Waals surface area contributed by atoms with Crippen LogP contribution in [0.2, 0.25) is 0 Å². The van der Waals surface area contributed by atoms with Crippen LogP contribution in [0.4, 0.5) is 39.6 Å². The van der Waals surface area contributed by atoms with Crippen molar-refractivity contribution in [1.29, 1.82) is 5.26 Å². The van der Waals surface area contributed by atoms with Crippen LogP contribution in [0.25, 0.3) is 25.6 Å². The smallest absolute Gasteiger partial charge is 0.213 e. The van der Waals surface area contributed by atoms with Crippen LogP contribution in [0.15, 0.2) is 84.4 Å². The summed E-state index contributed by atoms with van der Waals surface area (Å²) in [5.74, 6) is 1.37. The second kappa shape index (κ2) is 17.7. The first-order valence-electron chi connectivity index (χ1n) is 20.0. The SMILES string of the molecule is CCCCc1nn(-c2nc3ccc(S)cc3s2)c(N=Nc2c(C)cc(N(c3nc4ccc(S)cc4s3)c3c(C)cc(C)c(S)c3C)nc2Nc2c(C)cc(C)c(S)c2C)c1C#N. The molecule has 0 fully saturated rings. The zero-order valence-corrected chi connectivity index (χ0v) is 40.7. The van der Waals surface area contributed by atoms with Crippen LogP contribution in [-0.2, 0) is 6.42 Å². The lowest BCUT2D eigenvalue weighted by molar-refractivity contribution is 0.750. The lowest BCUT2D eigenvalue weighted by atomic mass is 10.0. The van der Waals surface area contributed by atoms with Crippen molar-refractivity contribution in [3.05, 3.63) is 105 Å². The van der Waals surface area contributed by atoms with Gasteiger partial charge in [0.15, 0.2) is 16.8 Å². The maximum atomic E-state index is 10.6.